The van der Waals surface area contributed by atoms with Gasteiger partial charge < -0.3 is 28.4 Å². The Kier molecular flexibility index (Phi) is 8.62. The number of carbonyl (C=O) groups is 1. The molecule has 1 heterocycles. The maximum Gasteiger partial charge on any atom is 0.417 e. The summed E-state index contributed by atoms with van der Waals surface area (Å²) in [4.78, 5) is 16.8. The van der Waals surface area contributed by atoms with E-state index in [0.29, 0.717) is 58.9 Å². The van der Waals surface area contributed by atoms with Crippen LogP contribution in [0.5, 0.6) is 34.5 Å². The fourth-order valence-corrected chi connectivity index (χ4v) is 3.57. The standard InChI is InChI=1S/C28H28N2O7/c1-32-14-7-15-35-27-18-23-21(17-26(27)34-3)24(12-13-29-23)36-20-10-11-22(25(16-20)33-2)30-28(31)37-19-8-5-4-6-9-19/h4-6,8-13,16-18H,7,14-15H2,1-3H3,(H,30,31). The molecule has 1 N–H and O–H groups in total. The zero-order valence-electron chi connectivity index (χ0n) is 20.9. The number of nitrogens with one attached hydrogen (secondary N) is 1. The molecule has 0 radical (unpaired) electrons. The third-order valence-corrected chi connectivity index (χ3v) is 5.33. The highest BCUT2D eigenvalue weighted by Crippen LogP contribution is 2.38. The number of pyridine rings is 1. The third kappa shape index (κ3) is 6.59. The highest BCUT2D eigenvalue weighted by Gasteiger charge is 2.14. The lowest BCUT2D eigenvalue weighted by Crippen LogP contribution is -2.17. The van der Waals surface area contributed by atoms with Crippen LogP contribution in [0.3, 0.4) is 0 Å². The number of ether oxygens (including phenoxy) is 6. The molecular weight excluding hydrogens is 476 g/mol. The summed E-state index contributed by atoms with van der Waals surface area (Å²) in [6.07, 6.45) is 1.78. The Bertz CT molecular complexity index is 1350. The molecule has 192 valence electrons. The maximum absolute atomic E-state index is 12.3. The smallest absolute Gasteiger partial charge is 0.417 e. The van der Waals surface area contributed by atoms with E-state index in [2.05, 4.69) is 10.3 Å². The lowest BCUT2D eigenvalue weighted by atomic mass is 10.1. The van der Waals surface area contributed by atoms with E-state index in [9.17, 15) is 4.79 Å². The largest absolute Gasteiger partial charge is 0.494 e. The SMILES string of the molecule is COCCCOc1cc2nccc(Oc3ccc(NC(=O)Oc4ccccc4)c(OC)c3)c2cc1OC. The summed E-state index contributed by atoms with van der Waals surface area (Å²) in [7, 11) is 4.74. The van der Waals surface area contributed by atoms with Crippen LogP contribution in [0.2, 0.25) is 0 Å². The first-order valence-corrected chi connectivity index (χ1v) is 11.6. The molecule has 3 aromatic carbocycles. The number of methoxy groups -OCH3 is 3. The fraction of sp³-hybridized carbons (Fsp3) is 0.214. The van der Waals surface area contributed by atoms with Crippen molar-refractivity contribution in [3.8, 4) is 34.5 Å². The van der Waals surface area contributed by atoms with Gasteiger partial charge in [0.05, 0.1) is 32.0 Å². The quantitative estimate of drug-likeness (QED) is 0.246. The van der Waals surface area contributed by atoms with Crippen molar-refractivity contribution in [1.29, 1.82) is 0 Å². The van der Waals surface area contributed by atoms with Crippen LogP contribution in [0.4, 0.5) is 10.5 Å². The zero-order valence-corrected chi connectivity index (χ0v) is 20.9. The summed E-state index contributed by atoms with van der Waals surface area (Å²) < 4.78 is 33.4. The van der Waals surface area contributed by atoms with Crippen LogP contribution in [-0.2, 0) is 4.74 Å². The Morgan fingerprint density at radius 2 is 1.62 bits per heavy atom. The second-order valence-corrected chi connectivity index (χ2v) is 7.82. The van der Waals surface area contributed by atoms with Gasteiger partial charge in [0.25, 0.3) is 0 Å². The fourth-order valence-electron chi connectivity index (χ4n) is 3.57. The van der Waals surface area contributed by atoms with Crippen LogP contribution in [0.25, 0.3) is 10.9 Å². The lowest BCUT2D eigenvalue weighted by molar-refractivity contribution is 0.170. The minimum Gasteiger partial charge on any atom is -0.494 e. The van der Waals surface area contributed by atoms with Crippen LogP contribution in [0, 0.1) is 0 Å². The molecule has 0 aliphatic carbocycles. The number of benzene rings is 3. The lowest BCUT2D eigenvalue weighted by Gasteiger charge is -2.15. The first-order chi connectivity index (χ1) is 18.1. The first-order valence-electron chi connectivity index (χ1n) is 11.6. The molecule has 1 amide bonds. The Balaban J connectivity index is 1.52. The van der Waals surface area contributed by atoms with E-state index < -0.39 is 6.09 Å². The van der Waals surface area contributed by atoms with E-state index in [-0.39, 0.29) is 0 Å². The molecule has 0 saturated carbocycles. The normalized spacial score (nSPS) is 10.6. The van der Waals surface area contributed by atoms with Crippen molar-refractivity contribution in [2.24, 2.45) is 0 Å². The molecular formula is C28H28N2O7. The highest BCUT2D eigenvalue weighted by atomic mass is 16.6. The van der Waals surface area contributed by atoms with Crippen LogP contribution < -0.4 is 29.0 Å². The van der Waals surface area contributed by atoms with Crippen molar-refractivity contribution in [3.05, 3.63) is 72.9 Å². The average Bonchev–Trinajstić information content (AvgIpc) is 2.92. The summed E-state index contributed by atoms with van der Waals surface area (Å²) in [6.45, 7) is 1.10. The van der Waals surface area contributed by atoms with Gasteiger partial charge in [-0.25, -0.2) is 4.79 Å². The van der Waals surface area contributed by atoms with Crippen molar-refractivity contribution in [1.82, 2.24) is 4.98 Å². The second-order valence-electron chi connectivity index (χ2n) is 7.82. The number of fused-ring (bicyclic) bond motifs is 1. The van der Waals surface area contributed by atoms with Gasteiger partial charge in [-0.3, -0.25) is 10.3 Å². The van der Waals surface area contributed by atoms with Gasteiger partial charge in [-0.05, 0) is 36.4 Å². The molecule has 9 heteroatoms. The van der Waals surface area contributed by atoms with Gasteiger partial charge in [-0.15, -0.1) is 0 Å². The summed E-state index contributed by atoms with van der Waals surface area (Å²) >= 11 is 0. The van der Waals surface area contributed by atoms with Crippen molar-refractivity contribution < 1.29 is 33.2 Å². The molecule has 0 aliphatic rings. The molecule has 0 spiro atoms. The molecule has 0 atom stereocenters. The van der Waals surface area contributed by atoms with Crippen molar-refractivity contribution in [3.63, 3.8) is 0 Å². The molecule has 4 rings (SSSR count). The molecule has 9 nitrogen and oxygen atoms in total. The number of carbonyl (C=O) groups excluding carboxylic acids is 1. The minimum absolute atomic E-state index is 0.408. The zero-order chi connectivity index (χ0) is 26.0. The van der Waals surface area contributed by atoms with E-state index in [1.165, 1.54) is 7.11 Å². The number of hydrogen-bond donors (Lipinski definition) is 1. The van der Waals surface area contributed by atoms with E-state index in [4.69, 9.17) is 28.4 Å². The Labute approximate surface area is 214 Å². The highest BCUT2D eigenvalue weighted by molar-refractivity contribution is 5.89. The van der Waals surface area contributed by atoms with Crippen molar-refractivity contribution in [2.75, 3.05) is 39.9 Å². The number of para-hydroxylation sites is 1. The monoisotopic (exact) mass is 504 g/mol. The Morgan fingerprint density at radius 1 is 0.811 bits per heavy atom. The van der Waals surface area contributed by atoms with E-state index in [1.54, 1.807) is 68.9 Å². The predicted molar refractivity (Wildman–Crippen MR) is 139 cm³/mol. The van der Waals surface area contributed by atoms with Gasteiger partial charge in [0.2, 0.25) is 0 Å². The maximum atomic E-state index is 12.3. The Hall–Kier alpha value is -4.50. The molecule has 0 aliphatic heterocycles. The number of anilines is 1. The minimum atomic E-state index is -0.634. The van der Waals surface area contributed by atoms with E-state index in [0.717, 1.165) is 11.8 Å². The van der Waals surface area contributed by atoms with Crippen LogP contribution in [0.15, 0.2) is 72.9 Å². The van der Waals surface area contributed by atoms with Gasteiger partial charge in [-0.1, -0.05) is 18.2 Å². The Morgan fingerprint density at radius 3 is 2.38 bits per heavy atom. The number of rotatable bonds is 11. The number of amides is 1. The average molecular weight is 505 g/mol. The molecule has 37 heavy (non-hydrogen) atoms. The van der Waals surface area contributed by atoms with Gasteiger partial charge in [0.1, 0.15) is 23.0 Å². The molecule has 4 aromatic rings. The molecule has 0 fully saturated rings. The summed E-state index contributed by atoms with van der Waals surface area (Å²) in [5.41, 5.74) is 1.13. The number of aromatic nitrogens is 1. The van der Waals surface area contributed by atoms with Crippen LogP contribution >= 0.6 is 0 Å². The molecule has 0 unspecified atom stereocenters. The third-order valence-electron chi connectivity index (χ3n) is 5.33. The molecule has 0 saturated heterocycles. The topological polar surface area (TPSA) is 97.4 Å². The van der Waals surface area contributed by atoms with E-state index >= 15 is 0 Å². The summed E-state index contributed by atoms with van der Waals surface area (Å²) in [5.74, 6) is 3.07. The van der Waals surface area contributed by atoms with Crippen LogP contribution in [0.1, 0.15) is 6.42 Å². The summed E-state index contributed by atoms with van der Waals surface area (Å²) in [6, 6.07) is 19.3. The molecule has 1 aromatic heterocycles. The predicted octanol–water partition coefficient (Wildman–Crippen LogP) is 6.07. The van der Waals surface area contributed by atoms with Gasteiger partial charge in [0.15, 0.2) is 11.5 Å². The number of hydrogen-bond acceptors (Lipinski definition) is 8. The van der Waals surface area contributed by atoms with Gasteiger partial charge in [-0.2, -0.15) is 0 Å². The number of nitrogens with zero attached hydrogens (tertiary/aromatic N) is 1. The van der Waals surface area contributed by atoms with Crippen molar-refractivity contribution in [2.45, 2.75) is 6.42 Å². The molecule has 0 bridgehead atoms. The first kappa shape index (κ1) is 25.6. The second kappa shape index (κ2) is 12.5. The van der Waals surface area contributed by atoms with Gasteiger partial charge >= 0.3 is 6.09 Å². The van der Waals surface area contributed by atoms with Crippen molar-refractivity contribution >= 4 is 22.7 Å². The summed E-state index contributed by atoms with van der Waals surface area (Å²) in [5, 5.41) is 3.43. The van der Waals surface area contributed by atoms with Crippen LogP contribution in [-0.4, -0.2) is 45.6 Å². The van der Waals surface area contributed by atoms with Gasteiger partial charge in [0, 0.05) is 43.9 Å². The van der Waals surface area contributed by atoms with E-state index in [1.807, 2.05) is 18.2 Å².